The summed E-state index contributed by atoms with van der Waals surface area (Å²) in [6, 6.07) is 16.0. The van der Waals surface area contributed by atoms with Gasteiger partial charge in [-0.2, -0.15) is 4.31 Å². The number of piperazine rings is 1. The third kappa shape index (κ3) is 3.34. The molecule has 1 amide bonds. The minimum atomic E-state index is -3.52. The normalized spacial score (nSPS) is 19.8. The molecule has 2 aromatic carbocycles. The summed E-state index contributed by atoms with van der Waals surface area (Å²) in [6.07, 6.45) is 2.64. The van der Waals surface area contributed by atoms with Crippen molar-refractivity contribution < 1.29 is 13.2 Å². The lowest BCUT2D eigenvalue weighted by Crippen LogP contribution is -2.57. The van der Waals surface area contributed by atoms with Crippen molar-refractivity contribution in [2.45, 2.75) is 29.6 Å². The van der Waals surface area contributed by atoms with Gasteiger partial charge in [0.05, 0.1) is 10.3 Å². The highest BCUT2D eigenvalue weighted by molar-refractivity contribution is 7.89. The first-order valence-electron chi connectivity index (χ1n) is 9.54. The second kappa shape index (κ2) is 7.50. The average molecular weight is 419 g/mol. The Morgan fingerprint density at radius 3 is 2.18 bits per heavy atom. The molecule has 2 aromatic rings. The van der Waals surface area contributed by atoms with Crippen LogP contribution < -0.4 is 0 Å². The first kappa shape index (κ1) is 19.4. The maximum atomic E-state index is 13.4. The zero-order valence-corrected chi connectivity index (χ0v) is 17.1. The molecule has 2 fully saturated rings. The Balaban J connectivity index is 1.48. The fraction of sp³-hybridized carbons (Fsp3) is 0.381. The van der Waals surface area contributed by atoms with Crippen LogP contribution in [-0.2, 0) is 20.2 Å². The van der Waals surface area contributed by atoms with E-state index in [-0.39, 0.29) is 5.91 Å². The Bertz CT molecular complexity index is 966. The van der Waals surface area contributed by atoms with Gasteiger partial charge in [-0.25, -0.2) is 8.42 Å². The smallest absolute Gasteiger partial charge is 0.243 e. The molecule has 5 nitrogen and oxygen atoms in total. The van der Waals surface area contributed by atoms with Crippen LogP contribution in [0.2, 0.25) is 5.02 Å². The average Bonchev–Trinajstić information content (AvgIpc) is 2.68. The van der Waals surface area contributed by atoms with Crippen molar-refractivity contribution >= 4 is 27.5 Å². The Kier molecular flexibility index (Phi) is 5.21. The predicted octanol–water partition coefficient (Wildman–Crippen LogP) is 3.29. The van der Waals surface area contributed by atoms with Gasteiger partial charge in [-0.05, 0) is 42.7 Å². The first-order chi connectivity index (χ1) is 13.4. The number of carbonyl (C=O) groups excluding carboxylic acids is 1. The van der Waals surface area contributed by atoms with Gasteiger partial charge < -0.3 is 4.90 Å². The van der Waals surface area contributed by atoms with E-state index in [4.69, 9.17) is 11.6 Å². The largest absolute Gasteiger partial charge is 0.339 e. The third-order valence-electron chi connectivity index (χ3n) is 5.90. The summed E-state index contributed by atoms with van der Waals surface area (Å²) in [4.78, 5) is 15.5. The summed E-state index contributed by atoms with van der Waals surface area (Å²) < 4.78 is 27.1. The summed E-state index contributed by atoms with van der Waals surface area (Å²) in [7, 11) is -3.52. The van der Waals surface area contributed by atoms with E-state index in [0.717, 1.165) is 24.8 Å². The van der Waals surface area contributed by atoms with E-state index in [2.05, 4.69) is 0 Å². The van der Waals surface area contributed by atoms with E-state index in [1.54, 1.807) is 30.3 Å². The van der Waals surface area contributed by atoms with Crippen LogP contribution >= 0.6 is 11.6 Å². The third-order valence-corrected chi connectivity index (χ3v) is 8.05. The second-order valence-electron chi connectivity index (χ2n) is 7.46. The van der Waals surface area contributed by atoms with Crippen molar-refractivity contribution in [1.29, 1.82) is 0 Å². The number of benzene rings is 2. The molecule has 0 aromatic heterocycles. The molecule has 0 N–H and O–H groups in total. The van der Waals surface area contributed by atoms with Crippen LogP contribution in [0.15, 0.2) is 59.5 Å². The van der Waals surface area contributed by atoms with Crippen LogP contribution in [0.4, 0.5) is 0 Å². The highest BCUT2D eigenvalue weighted by Gasteiger charge is 2.48. The van der Waals surface area contributed by atoms with Crippen molar-refractivity contribution in [3.05, 3.63) is 65.2 Å². The van der Waals surface area contributed by atoms with Gasteiger partial charge in [0.25, 0.3) is 0 Å². The molecule has 1 heterocycles. The molecule has 1 aliphatic heterocycles. The van der Waals surface area contributed by atoms with Gasteiger partial charge in [0.15, 0.2) is 0 Å². The van der Waals surface area contributed by atoms with Crippen LogP contribution in [0, 0.1) is 0 Å². The van der Waals surface area contributed by atoms with Crippen LogP contribution in [0.1, 0.15) is 24.8 Å². The Morgan fingerprint density at radius 2 is 1.61 bits per heavy atom. The SMILES string of the molecule is O=C(N1CCN(S(=O)(=O)c2ccccc2)CC1)C1(c2cccc(Cl)c2)CCC1. The molecule has 0 spiro atoms. The topological polar surface area (TPSA) is 57.7 Å². The van der Waals surface area contributed by atoms with E-state index in [0.29, 0.717) is 36.1 Å². The van der Waals surface area contributed by atoms with E-state index < -0.39 is 15.4 Å². The van der Waals surface area contributed by atoms with Crippen molar-refractivity contribution in [3.63, 3.8) is 0 Å². The molecular formula is C21H23ClN2O3S. The second-order valence-corrected chi connectivity index (χ2v) is 9.83. The molecule has 148 valence electrons. The van der Waals surface area contributed by atoms with Gasteiger partial charge in [0.2, 0.25) is 15.9 Å². The maximum Gasteiger partial charge on any atom is 0.243 e. The lowest BCUT2D eigenvalue weighted by Gasteiger charge is -2.46. The van der Waals surface area contributed by atoms with Crippen LogP contribution in [-0.4, -0.2) is 49.7 Å². The number of carbonyl (C=O) groups is 1. The quantitative estimate of drug-likeness (QED) is 0.765. The van der Waals surface area contributed by atoms with Gasteiger partial charge in [-0.3, -0.25) is 4.79 Å². The van der Waals surface area contributed by atoms with Crippen LogP contribution in [0.5, 0.6) is 0 Å². The minimum absolute atomic E-state index is 0.0952. The molecule has 2 aliphatic rings. The number of hydrogen-bond acceptors (Lipinski definition) is 3. The lowest BCUT2D eigenvalue weighted by atomic mass is 9.63. The summed E-state index contributed by atoms with van der Waals surface area (Å²) in [6.45, 7) is 1.45. The first-order valence-corrected chi connectivity index (χ1v) is 11.4. The predicted molar refractivity (Wildman–Crippen MR) is 109 cm³/mol. The van der Waals surface area contributed by atoms with Crippen LogP contribution in [0.25, 0.3) is 0 Å². The van der Waals surface area contributed by atoms with Crippen LogP contribution in [0.3, 0.4) is 0 Å². The van der Waals surface area contributed by atoms with E-state index >= 15 is 0 Å². The van der Waals surface area contributed by atoms with Crippen molar-refractivity contribution in [2.75, 3.05) is 26.2 Å². The highest BCUT2D eigenvalue weighted by atomic mass is 35.5. The molecule has 4 rings (SSSR count). The molecule has 28 heavy (non-hydrogen) atoms. The lowest BCUT2D eigenvalue weighted by molar-refractivity contribution is -0.142. The Morgan fingerprint density at radius 1 is 0.929 bits per heavy atom. The standard InChI is InChI=1S/C21H23ClN2O3S/c22-18-7-4-6-17(16-18)21(10-5-11-21)20(25)23-12-14-24(15-13-23)28(26,27)19-8-2-1-3-9-19/h1-4,6-9,16H,5,10-15H2. The summed E-state index contributed by atoms with van der Waals surface area (Å²) >= 11 is 6.15. The molecule has 0 unspecified atom stereocenters. The highest BCUT2D eigenvalue weighted by Crippen LogP contribution is 2.46. The Hall–Kier alpha value is -1.89. The monoisotopic (exact) mass is 418 g/mol. The molecule has 0 radical (unpaired) electrons. The van der Waals surface area contributed by atoms with E-state index in [1.165, 1.54) is 4.31 Å². The zero-order valence-electron chi connectivity index (χ0n) is 15.6. The number of nitrogens with zero attached hydrogens (tertiary/aromatic N) is 2. The maximum absolute atomic E-state index is 13.4. The summed E-state index contributed by atoms with van der Waals surface area (Å²) in [5.41, 5.74) is 0.460. The summed E-state index contributed by atoms with van der Waals surface area (Å²) in [5.74, 6) is 0.0952. The molecule has 0 bridgehead atoms. The molecule has 0 atom stereocenters. The number of amides is 1. The fourth-order valence-electron chi connectivity index (χ4n) is 4.12. The number of sulfonamides is 1. The molecule has 1 aliphatic carbocycles. The number of hydrogen-bond donors (Lipinski definition) is 0. The molecule has 1 saturated heterocycles. The Labute approximate surface area is 171 Å². The van der Waals surface area contributed by atoms with Gasteiger partial charge in [-0.1, -0.05) is 48.4 Å². The van der Waals surface area contributed by atoms with Gasteiger partial charge in [0.1, 0.15) is 0 Å². The molecule has 7 heteroatoms. The van der Waals surface area contributed by atoms with E-state index in [9.17, 15) is 13.2 Å². The van der Waals surface area contributed by atoms with Crippen molar-refractivity contribution in [2.24, 2.45) is 0 Å². The number of rotatable bonds is 4. The van der Waals surface area contributed by atoms with Crippen molar-refractivity contribution in [3.8, 4) is 0 Å². The number of halogens is 1. The van der Waals surface area contributed by atoms with Gasteiger partial charge >= 0.3 is 0 Å². The van der Waals surface area contributed by atoms with Crippen molar-refractivity contribution in [1.82, 2.24) is 9.21 Å². The van der Waals surface area contributed by atoms with E-state index in [1.807, 2.05) is 29.2 Å². The fourth-order valence-corrected chi connectivity index (χ4v) is 5.75. The zero-order chi connectivity index (χ0) is 19.8. The minimum Gasteiger partial charge on any atom is -0.339 e. The van der Waals surface area contributed by atoms with Gasteiger partial charge in [0, 0.05) is 31.2 Å². The molecule has 1 saturated carbocycles. The van der Waals surface area contributed by atoms with Gasteiger partial charge in [-0.15, -0.1) is 0 Å². The summed E-state index contributed by atoms with van der Waals surface area (Å²) in [5, 5.41) is 0.635. The molecular weight excluding hydrogens is 396 g/mol.